The molecule has 0 amide bonds. The molecule has 7 heteroatoms. The summed E-state index contributed by atoms with van der Waals surface area (Å²) < 4.78 is 5.33. The minimum absolute atomic E-state index is 0.0804. The summed E-state index contributed by atoms with van der Waals surface area (Å²) in [5.74, 6) is 0.833. The summed E-state index contributed by atoms with van der Waals surface area (Å²) in [5.41, 5.74) is 5.39. The molecule has 0 fully saturated rings. The van der Waals surface area contributed by atoms with E-state index < -0.39 is 0 Å². The van der Waals surface area contributed by atoms with Crippen LogP contribution in [0.3, 0.4) is 0 Å². The Morgan fingerprint density at radius 1 is 1.23 bits per heavy atom. The van der Waals surface area contributed by atoms with Crippen molar-refractivity contribution in [1.82, 2.24) is 10.6 Å². The molecule has 0 saturated carbocycles. The van der Waals surface area contributed by atoms with Crippen molar-refractivity contribution in [3.63, 3.8) is 0 Å². The minimum atomic E-state index is -0.374. The Morgan fingerprint density at radius 2 is 2.08 bits per heavy atom. The van der Waals surface area contributed by atoms with Crippen molar-refractivity contribution in [2.24, 2.45) is 0 Å². The Kier molecular flexibility index (Phi) is 4.08. The van der Waals surface area contributed by atoms with Crippen molar-refractivity contribution in [3.8, 4) is 5.75 Å². The predicted octanol–water partition coefficient (Wildman–Crippen LogP) is 3.48. The van der Waals surface area contributed by atoms with Gasteiger partial charge in [0.1, 0.15) is 5.75 Å². The minimum Gasteiger partial charge on any atom is -0.497 e. The second-order valence-electron chi connectivity index (χ2n) is 6.31. The number of benzene rings is 2. The van der Waals surface area contributed by atoms with Gasteiger partial charge in [0, 0.05) is 23.4 Å². The number of nitro benzene ring substituents is 1. The molecule has 2 aliphatic rings. The molecule has 1 heterocycles. The van der Waals surface area contributed by atoms with E-state index in [0.717, 1.165) is 41.0 Å². The first-order valence-electron chi connectivity index (χ1n) is 8.29. The van der Waals surface area contributed by atoms with Crippen LogP contribution in [0.4, 0.5) is 5.69 Å². The highest BCUT2D eigenvalue weighted by molar-refractivity contribution is 7.80. The van der Waals surface area contributed by atoms with Gasteiger partial charge in [0.2, 0.25) is 0 Å². The van der Waals surface area contributed by atoms with E-state index >= 15 is 0 Å². The van der Waals surface area contributed by atoms with Crippen LogP contribution in [0.5, 0.6) is 5.75 Å². The smallest absolute Gasteiger partial charge is 0.269 e. The third kappa shape index (κ3) is 2.80. The van der Waals surface area contributed by atoms with Crippen LogP contribution in [0.15, 0.2) is 48.0 Å². The zero-order valence-corrected chi connectivity index (χ0v) is 14.9. The summed E-state index contributed by atoms with van der Waals surface area (Å²) in [4.78, 5) is 10.8. The quantitative estimate of drug-likeness (QED) is 0.491. The number of aryl methyl sites for hydroxylation is 1. The number of nitrogens with zero attached hydrogens (tertiary/aromatic N) is 1. The number of fused-ring (bicyclic) bond motifs is 2. The van der Waals surface area contributed by atoms with E-state index in [0.29, 0.717) is 5.11 Å². The van der Waals surface area contributed by atoms with Crippen molar-refractivity contribution in [2.45, 2.75) is 18.9 Å². The fraction of sp³-hybridized carbons (Fsp3) is 0.211. The molecular weight excluding hydrogens is 350 g/mol. The van der Waals surface area contributed by atoms with Crippen molar-refractivity contribution in [1.29, 1.82) is 0 Å². The Hall–Kier alpha value is -2.93. The molecular formula is C19H17N3O3S. The van der Waals surface area contributed by atoms with Gasteiger partial charge in [-0.05, 0) is 60.0 Å². The third-order valence-corrected chi connectivity index (χ3v) is 5.06. The van der Waals surface area contributed by atoms with Gasteiger partial charge in [-0.2, -0.15) is 0 Å². The van der Waals surface area contributed by atoms with Crippen molar-refractivity contribution in [2.75, 3.05) is 7.11 Å². The lowest BCUT2D eigenvalue weighted by molar-refractivity contribution is -0.384. The van der Waals surface area contributed by atoms with E-state index in [1.165, 1.54) is 11.6 Å². The number of nitrogens with one attached hydrogen (secondary N) is 2. The molecule has 6 nitrogen and oxygen atoms in total. The number of ether oxygens (including phenoxy) is 1. The number of nitro groups is 1. The zero-order valence-electron chi connectivity index (χ0n) is 14.1. The summed E-state index contributed by atoms with van der Waals surface area (Å²) in [6.45, 7) is 0. The lowest BCUT2D eigenvalue weighted by atomic mass is 9.82. The van der Waals surface area contributed by atoms with Crippen LogP contribution < -0.4 is 15.4 Å². The van der Waals surface area contributed by atoms with Gasteiger partial charge in [0.05, 0.1) is 18.1 Å². The van der Waals surface area contributed by atoms with Crippen molar-refractivity contribution < 1.29 is 9.66 Å². The molecule has 0 aromatic heterocycles. The summed E-state index contributed by atoms with van der Waals surface area (Å²) in [7, 11) is 1.66. The predicted molar refractivity (Wildman–Crippen MR) is 103 cm³/mol. The second kappa shape index (κ2) is 6.42. The van der Waals surface area contributed by atoms with Gasteiger partial charge in [-0.3, -0.25) is 10.1 Å². The second-order valence-corrected chi connectivity index (χ2v) is 6.72. The zero-order chi connectivity index (χ0) is 18.3. The van der Waals surface area contributed by atoms with Crippen LogP contribution in [0.25, 0.3) is 5.70 Å². The molecule has 0 radical (unpaired) electrons. The molecule has 1 aliphatic carbocycles. The first kappa shape index (κ1) is 16.5. The van der Waals surface area contributed by atoms with Crippen LogP contribution in [-0.2, 0) is 6.42 Å². The standard InChI is InChI=1S/C19H17N3O3S/c1-25-14-6-8-15-11(10-14)5-7-16-17(20-19(26)21-18(15)16)12-3-2-4-13(9-12)22(23)24/h2-4,6,8-10,17H,5,7H2,1H3,(H2,20,21,26)/t17-/m1/s1. The van der Waals surface area contributed by atoms with Crippen molar-refractivity contribution >= 4 is 28.7 Å². The van der Waals surface area contributed by atoms with Crippen LogP contribution >= 0.6 is 12.2 Å². The SMILES string of the molecule is COc1ccc2c(c1)CCC1=C2NC(=S)N[C@@H]1c1cccc([N+](=O)[O-])c1. The lowest BCUT2D eigenvalue weighted by Gasteiger charge is -2.35. The third-order valence-electron chi connectivity index (χ3n) is 4.84. The fourth-order valence-corrected chi connectivity index (χ4v) is 3.84. The average molecular weight is 367 g/mol. The topological polar surface area (TPSA) is 76.4 Å². The molecule has 2 N–H and O–H groups in total. The van der Waals surface area contributed by atoms with E-state index in [9.17, 15) is 10.1 Å². The first-order valence-corrected chi connectivity index (χ1v) is 8.70. The maximum Gasteiger partial charge on any atom is 0.269 e. The van der Waals surface area contributed by atoms with Gasteiger partial charge >= 0.3 is 0 Å². The summed E-state index contributed by atoms with van der Waals surface area (Å²) in [6, 6.07) is 12.6. The Morgan fingerprint density at radius 3 is 2.85 bits per heavy atom. The van der Waals surface area contributed by atoms with Crippen LogP contribution in [-0.4, -0.2) is 17.1 Å². The molecule has 132 valence electrons. The number of rotatable bonds is 3. The largest absolute Gasteiger partial charge is 0.497 e. The summed E-state index contributed by atoms with van der Waals surface area (Å²) in [5, 5.41) is 18.2. The number of hydrogen-bond acceptors (Lipinski definition) is 4. The highest BCUT2D eigenvalue weighted by atomic mass is 32.1. The van der Waals surface area contributed by atoms with Gasteiger partial charge in [0.25, 0.3) is 5.69 Å². The first-order chi connectivity index (χ1) is 12.6. The number of non-ortho nitro benzene ring substituents is 1. The number of thiocarbonyl (C=S) groups is 1. The van der Waals surface area contributed by atoms with E-state index in [4.69, 9.17) is 17.0 Å². The molecule has 0 spiro atoms. The highest BCUT2D eigenvalue weighted by Crippen LogP contribution is 2.40. The maximum atomic E-state index is 11.1. The molecule has 1 aliphatic heterocycles. The monoisotopic (exact) mass is 367 g/mol. The molecule has 0 bridgehead atoms. The van der Waals surface area contributed by atoms with Crippen LogP contribution in [0, 0.1) is 10.1 Å². The van der Waals surface area contributed by atoms with Gasteiger partial charge < -0.3 is 15.4 Å². The van der Waals surface area contributed by atoms with Gasteiger partial charge in [0.15, 0.2) is 5.11 Å². The molecule has 2 aromatic carbocycles. The van der Waals surface area contributed by atoms with E-state index in [1.54, 1.807) is 19.2 Å². The molecule has 0 unspecified atom stereocenters. The van der Waals surface area contributed by atoms with Crippen molar-refractivity contribution in [3.05, 3.63) is 74.8 Å². The summed E-state index contributed by atoms with van der Waals surface area (Å²) in [6.07, 6.45) is 1.72. The van der Waals surface area contributed by atoms with Crippen LogP contribution in [0.2, 0.25) is 0 Å². The Labute approximate surface area is 156 Å². The van der Waals surface area contributed by atoms with E-state index in [-0.39, 0.29) is 16.7 Å². The molecule has 1 atom stereocenters. The highest BCUT2D eigenvalue weighted by Gasteiger charge is 2.31. The Bertz CT molecular complexity index is 955. The van der Waals surface area contributed by atoms with Gasteiger partial charge in [-0.1, -0.05) is 12.1 Å². The van der Waals surface area contributed by atoms with E-state index in [1.807, 2.05) is 24.3 Å². The molecule has 0 saturated heterocycles. The van der Waals surface area contributed by atoms with Crippen LogP contribution in [0.1, 0.15) is 29.2 Å². The van der Waals surface area contributed by atoms with Gasteiger partial charge in [-0.25, -0.2) is 0 Å². The normalized spacial score (nSPS) is 18.3. The number of hydrogen-bond donors (Lipinski definition) is 2. The summed E-state index contributed by atoms with van der Waals surface area (Å²) >= 11 is 5.40. The van der Waals surface area contributed by atoms with Gasteiger partial charge in [-0.15, -0.1) is 0 Å². The number of methoxy groups -OCH3 is 1. The molecule has 2 aromatic rings. The average Bonchev–Trinajstić information content (AvgIpc) is 2.66. The fourth-order valence-electron chi connectivity index (χ4n) is 3.62. The van der Waals surface area contributed by atoms with E-state index in [2.05, 4.69) is 10.6 Å². The molecule has 4 rings (SSSR count). The maximum absolute atomic E-state index is 11.1. The Balaban J connectivity index is 1.81. The molecule has 26 heavy (non-hydrogen) atoms. The lowest BCUT2D eigenvalue weighted by Crippen LogP contribution is -2.44.